The minimum absolute atomic E-state index is 0.628. The van der Waals surface area contributed by atoms with Gasteiger partial charge < -0.3 is 10.2 Å². The van der Waals surface area contributed by atoms with E-state index in [0.29, 0.717) is 6.04 Å². The zero-order valence-electron chi connectivity index (χ0n) is 13.4. The van der Waals surface area contributed by atoms with E-state index in [-0.39, 0.29) is 0 Å². The third-order valence-corrected chi connectivity index (χ3v) is 4.06. The third kappa shape index (κ3) is 3.03. The molecule has 5 nitrogen and oxygen atoms in total. The maximum absolute atomic E-state index is 4.75. The Kier molecular flexibility index (Phi) is 4.81. The number of nitrogens with one attached hydrogen (secondary N) is 1. The highest BCUT2D eigenvalue weighted by molar-refractivity contribution is 5.58. The molecular weight excluding hydrogens is 250 g/mol. The topological polar surface area (TPSA) is 44.3 Å². The van der Waals surface area contributed by atoms with Crippen molar-refractivity contribution in [2.75, 3.05) is 43.4 Å². The molecule has 0 spiro atoms. The Hall–Kier alpha value is -1.36. The van der Waals surface area contributed by atoms with E-state index in [1.165, 1.54) is 0 Å². The van der Waals surface area contributed by atoms with Gasteiger partial charge >= 0.3 is 0 Å². The average Bonchev–Trinajstić information content (AvgIpc) is 2.47. The van der Waals surface area contributed by atoms with E-state index in [1.807, 2.05) is 7.05 Å². The van der Waals surface area contributed by atoms with E-state index in [1.54, 1.807) is 0 Å². The fourth-order valence-electron chi connectivity index (χ4n) is 2.71. The number of anilines is 2. The van der Waals surface area contributed by atoms with Gasteiger partial charge in [-0.3, -0.25) is 4.90 Å². The Bertz CT molecular complexity index is 450. The lowest BCUT2D eigenvalue weighted by atomic mass is 10.2. The number of piperazine rings is 1. The lowest BCUT2D eigenvalue weighted by Gasteiger charge is -2.38. The maximum Gasteiger partial charge on any atom is 0.137 e. The van der Waals surface area contributed by atoms with Gasteiger partial charge in [0.1, 0.15) is 17.5 Å². The highest BCUT2D eigenvalue weighted by atomic mass is 15.3. The van der Waals surface area contributed by atoms with Crippen LogP contribution in [0.4, 0.5) is 11.6 Å². The van der Waals surface area contributed by atoms with Crippen LogP contribution < -0.4 is 10.2 Å². The summed E-state index contributed by atoms with van der Waals surface area (Å²) in [5, 5.41) is 3.19. The first kappa shape index (κ1) is 15.0. The lowest BCUT2D eigenvalue weighted by molar-refractivity contribution is 0.209. The van der Waals surface area contributed by atoms with Crippen molar-refractivity contribution in [2.24, 2.45) is 0 Å². The van der Waals surface area contributed by atoms with Crippen molar-refractivity contribution in [2.45, 2.75) is 40.2 Å². The summed E-state index contributed by atoms with van der Waals surface area (Å²) in [4.78, 5) is 14.2. The molecule has 1 aliphatic heterocycles. The summed E-state index contributed by atoms with van der Waals surface area (Å²) in [5.41, 5.74) is 1.16. The van der Waals surface area contributed by atoms with Gasteiger partial charge in [-0.05, 0) is 20.8 Å². The number of nitrogens with zero attached hydrogens (tertiary/aromatic N) is 4. The molecule has 2 heterocycles. The SMILES string of the molecule is CCc1nc(NC)c(C)c(N2CCN(C(C)C)CC2)n1. The van der Waals surface area contributed by atoms with Crippen molar-refractivity contribution in [3.8, 4) is 0 Å². The molecule has 20 heavy (non-hydrogen) atoms. The van der Waals surface area contributed by atoms with E-state index in [0.717, 1.165) is 55.6 Å². The Labute approximate surface area is 122 Å². The number of aryl methyl sites for hydroxylation is 1. The molecule has 1 fully saturated rings. The number of rotatable bonds is 4. The minimum Gasteiger partial charge on any atom is -0.373 e. The third-order valence-electron chi connectivity index (χ3n) is 4.06. The standard InChI is InChI=1S/C15H27N5/c1-6-13-17-14(16-5)12(4)15(18-13)20-9-7-19(8-10-20)11(2)3/h11H,6-10H2,1-5H3,(H,16,17,18). The van der Waals surface area contributed by atoms with Gasteiger partial charge in [-0.15, -0.1) is 0 Å². The first-order chi connectivity index (χ1) is 9.56. The lowest BCUT2D eigenvalue weighted by Crippen LogP contribution is -2.49. The first-order valence-corrected chi connectivity index (χ1v) is 7.61. The van der Waals surface area contributed by atoms with Crippen molar-refractivity contribution in [1.82, 2.24) is 14.9 Å². The smallest absolute Gasteiger partial charge is 0.137 e. The van der Waals surface area contributed by atoms with Gasteiger partial charge in [-0.2, -0.15) is 0 Å². The van der Waals surface area contributed by atoms with Crippen molar-refractivity contribution in [1.29, 1.82) is 0 Å². The number of hydrogen-bond acceptors (Lipinski definition) is 5. The van der Waals surface area contributed by atoms with Gasteiger partial charge in [0.05, 0.1) is 0 Å². The van der Waals surface area contributed by atoms with Crippen LogP contribution in [0.2, 0.25) is 0 Å². The van der Waals surface area contributed by atoms with Gasteiger partial charge in [-0.1, -0.05) is 6.92 Å². The van der Waals surface area contributed by atoms with Crippen molar-refractivity contribution >= 4 is 11.6 Å². The van der Waals surface area contributed by atoms with E-state index in [4.69, 9.17) is 4.98 Å². The zero-order chi connectivity index (χ0) is 14.7. The molecule has 0 saturated carbocycles. The van der Waals surface area contributed by atoms with Gasteiger partial charge in [0, 0.05) is 51.3 Å². The van der Waals surface area contributed by atoms with Crippen LogP contribution in [-0.2, 0) is 6.42 Å². The van der Waals surface area contributed by atoms with Gasteiger partial charge in [0.25, 0.3) is 0 Å². The second-order valence-electron chi connectivity index (χ2n) is 5.66. The van der Waals surface area contributed by atoms with Crippen molar-refractivity contribution < 1.29 is 0 Å². The predicted octanol–water partition coefficient (Wildman–Crippen LogP) is 1.92. The molecule has 1 saturated heterocycles. The molecule has 0 unspecified atom stereocenters. The molecule has 0 radical (unpaired) electrons. The summed E-state index contributed by atoms with van der Waals surface area (Å²) >= 11 is 0. The van der Waals surface area contributed by atoms with Crippen molar-refractivity contribution in [3.63, 3.8) is 0 Å². The Morgan fingerprint density at radius 1 is 1.15 bits per heavy atom. The van der Waals surface area contributed by atoms with Crippen molar-refractivity contribution in [3.05, 3.63) is 11.4 Å². The normalized spacial score (nSPS) is 16.8. The Morgan fingerprint density at radius 2 is 1.80 bits per heavy atom. The average molecular weight is 277 g/mol. The predicted molar refractivity (Wildman–Crippen MR) is 84.6 cm³/mol. The molecule has 0 atom stereocenters. The minimum atomic E-state index is 0.628. The largest absolute Gasteiger partial charge is 0.373 e. The molecule has 1 N–H and O–H groups in total. The summed E-state index contributed by atoms with van der Waals surface area (Å²) in [6, 6.07) is 0.628. The van der Waals surface area contributed by atoms with Crippen LogP contribution in [0.1, 0.15) is 32.2 Å². The fraction of sp³-hybridized carbons (Fsp3) is 0.733. The van der Waals surface area contributed by atoms with Gasteiger partial charge in [0.2, 0.25) is 0 Å². The van der Waals surface area contributed by atoms with Crippen LogP contribution in [0.5, 0.6) is 0 Å². The molecule has 0 aromatic carbocycles. The highest BCUT2D eigenvalue weighted by Crippen LogP contribution is 2.24. The summed E-state index contributed by atoms with van der Waals surface area (Å²) in [5.74, 6) is 2.98. The van der Waals surface area contributed by atoms with Gasteiger partial charge in [-0.25, -0.2) is 9.97 Å². The quantitative estimate of drug-likeness (QED) is 0.911. The second-order valence-corrected chi connectivity index (χ2v) is 5.66. The number of hydrogen-bond donors (Lipinski definition) is 1. The maximum atomic E-state index is 4.75. The number of aromatic nitrogens is 2. The first-order valence-electron chi connectivity index (χ1n) is 7.61. The molecular formula is C15H27N5. The van der Waals surface area contributed by atoms with E-state index in [9.17, 15) is 0 Å². The molecule has 5 heteroatoms. The highest BCUT2D eigenvalue weighted by Gasteiger charge is 2.22. The molecule has 1 aliphatic rings. The zero-order valence-corrected chi connectivity index (χ0v) is 13.4. The van der Waals surface area contributed by atoms with Crippen LogP contribution in [0.25, 0.3) is 0 Å². The van der Waals surface area contributed by atoms with Crippen LogP contribution in [0, 0.1) is 6.92 Å². The Balaban J connectivity index is 2.21. The summed E-state index contributed by atoms with van der Waals surface area (Å²) < 4.78 is 0. The summed E-state index contributed by atoms with van der Waals surface area (Å²) in [6.45, 7) is 13.0. The molecule has 1 aromatic heterocycles. The molecule has 112 valence electrons. The van der Waals surface area contributed by atoms with Crippen LogP contribution in [0.15, 0.2) is 0 Å². The second kappa shape index (κ2) is 6.39. The molecule has 1 aromatic rings. The molecule has 0 bridgehead atoms. The van der Waals surface area contributed by atoms with E-state index in [2.05, 4.69) is 47.8 Å². The molecule has 2 rings (SSSR count). The Morgan fingerprint density at radius 3 is 2.30 bits per heavy atom. The van der Waals surface area contributed by atoms with Gasteiger partial charge in [0.15, 0.2) is 0 Å². The molecule has 0 amide bonds. The molecule has 0 aliphatic carbocycles. The summed E-state index contributed by atoms with van der Waals surface area (Å²) in [7, 11) is 1.93. The van der Waals surface area contributed by atoms with E-state index >= 15 is 0 Å². The monoisotopic (exact) mass is 277 g/mol. The van der Waals surface area contributed by atoms with Crippen LogP contribution >= 0.6 is 0 Å². The van der Waals surface area contributed by atoms with E-state index < -0.39 is 0 Å². The fourth-order valence-corrected chi connectivity index (χ4v) is 2.71. The van der Waals surface area contributed by atoms with Crippen LogP contribution in [0.3, 0.4) is 0 Å². The summed E-state index contributed by atoms with van der Waals surface area (Å²) in [6.07, 6.45) is 0.869. The van der Waals surface area contributed by atoms with Crippen LogP contribution in [-0.4, -0.2) is 54.1 Å².